The van der Waals surface area contributed by atoms with Gasteiger partial charge in [0.05, 0.1) is 60.6 Å². The zero-order valence-corrected chi connectivity index (χ0v) is 39.8. The molecular weight excluding hydrogens is 912 g/mol. The molecule has 66 heavy (non-hydrogen) atoms. The van der Waals surface area contributed by atoms with Crippen LogP contribution in [0.5, 0.6) is 11.5 Å². The van der Waals surface area contributed by atoms with Crippen LogP contribution in [0.2, 0.25) is 5.28 Å². The molecule has 20 nitrogen and oxygen atoms in total. The number of hydrogen-bond donors (Lipinski definition) is 3. The van der Waals surface area contributed by atoms with Gasteiger partial charge in [-0.2, -0.15) is 9.97 Å². The molecule has 0 amide bonds. The highest BCUT2D eigenvalue weighted by Gasteiger charge is 2.44. The fraction of sp³-hybridized carbons (Fsp3) is 0.488. The molecule has 6 aromatic rings. The zero-order valence-electron chi connectivity index (χ0n) is 37.4. The molecule has 0 radical (unpaired) electrons. The van der Waals surface area contributed by atoms with Crippen LogP contribution in [0.3, 0.4) is 0 Å². The molecule has 0 spiro atoms. The van der Waals surface area contributed by atoms with Crippen LogP contribution in [0.15, 0.2) is 48.5 Å². The predicted molar refractivity (Wildman–Crippen MR) is 256 cm³/mol. The van der Waals surface area contributed by atoms with E-state index in [1.807, 2.05) is 60.1 Å². The van der Waals surface area contributed by atoms with Crippen molar-refractivity contribution in [3.63, 3.8) is 0 Å². The first-order valence-corrected chi connectivity index (χ1v) is 25.1. The van der Waals surface area contributed by atoms with Crippen LogP contribution in [0.25, 0.3) is 28.0 Å². The maximum absolute atomic E-state index is 12.8. The van der Waals surface area contributed by atoms with E-state index in [0.29, 0.717) is 99.2 Å². The number of sulfone groups is 2. The van der Waals surface area contributed by atoms with E-state index in [4.69, 9.17) is 40.5 Å². The number of halogens is 1. The number of benzene rings is 2. The number of H-pyrrole nitrogens is 1. The molecule has 2 unspecified atom stereocenters. The Morgan fingerprint density at radius 2 is 1.21 bits per heavy atom. The molecular formula is C43H57ClN12O8S2. The summed E-state index contributed by atoms with van der Waals surface area (Å²) in [6, 6.07) is 15.7. The van der Waals surface area contributed by atoms with E-state index in [9.17, 15) is 16.8 Å². The number of hydrogen-bond acceptors (Lipinski definition) is 18. The number of nitrogens with one attached hydrogen (secondary N) is 3. The Morgan fingerprint density at radius 1 is 0.682 bits per heavy atom. The summed E-state index contributed by atoms with van der Waals surface area (Å²) >= 11 is 6.04. The van der Waals surface area contributed by atoms with Gasteiger partial charge in [-0.15, -0.1) is 0 Å². The Kier molecular flexibility index (Phi) is 13.6. The van der Waals surface area contributed by atoms with Gasteiger partial charge in [0.15, 0.2) is 42.8 Å². The monoisotopic (exact) mass is 968 g/mol. The van der Waals surface area contributed by atoms with Crippen LogP contribution in [0.1, 0.15) is 46.5 Å². The van der Waals surface area contributed by atoms with Crippen LogP contribution < -0.4 is 29.9 Å². The van der Waals surface area contributed by atoms with Crippen LogP contribution >= 0.6 is 11.6 Å². The highest BCUT2D eigenvalue weighted by molar-refractivity contribution is 7.91. The second-order valence-corrected chi connectivity index (χ2v) is 22.4. The quantitative estimate of drug-likeness (QED) is 0.179. The number of morpholine rings is 2. The first-order chi connectivity index (χ1) is 30.8. The predicted octanol–water partition coefficient (Wildman–Crippen LogP) is 4.98. The van der Waals surface area contributed by atoms with E-state index in [-0.39, 0.29) is 24.8 Å². The summed E-state index contributed by atoms with van der Waals surface area (Å²) < 4.78 is 72.0. The molecule has 10 rings (SSSR count). The van der Waals surface area contributed by atoms with E-state index in [1.54, 1.807) is 34.7 Å². The van der Waals surface area contributed by atoms with Crippen molar-refractivity contribution in [2.24, 2.45) is 0 Å². The average Bonchev–Trinajstić information content (AvgIpc) is 3.89. The molecule has 0 bridgehead atoms. The number of nitrogens with zero attached hydrogens (tertiary/aromatic N) is 9. The third kappa shape index (κ3) is 8.99. The summed E-state index contributed by atoms with van der Waals surface area (Å²) in [5, 5.41) is 6.06. The lowest BCUT2D eigenvalue weighted by molar-refractivity contribution is 0.0690. The van der Waals surface area contributed by atoms with Crippen molar-refractivity contribution in [1.29, 1.82) is 0 Å². The minimum absolute atomic E-state index is 0. The number of aromatic nitrogens is 8. The molecule has 4 aliphatic heterocycles. The maximum atomic E-state index is 12.8. The summed E-state index contributed by atoms with van der Waals surface area (Å²) in [6.45, 7) is 10.8. The van der Waals surface area contributed by atoms with Crippen molar-refractivity contribution < 1.29 is 35.8 Å². The molecule has 0 saturated carbocycles. The number of rotatable bonds is 7. The number of para-hydroxylation sites is 4. The maximum Gasteiger partial charge on any atom is 0.239 e. The van der Waals surface area contributed by atoms with E-state index < -0.39 is 29.2 Å². The van der Waals surface area contributed by atoms with Gasteiger partial charge in [-0.25, -0.2) is 41.3 Å². The van der Waals surface area contributed by atoms with Gasteiger partial charge in [0.25, 0.3) is 0 Å². The van der Waals surface area contributed by atoms with Gasteiger partial charge in [0.1, 0.15) is 34.1 Å². The van der Waals surface area contributed by atoms with Gasteiger partial charge in [0, 0.05) is 39.7 Å². The van der Waals surface area contributed by atoms with E-state index in [2.05, 4.69) is 45.4 Å². The van der Waals surface area contributed by atoms with Crippen LogP contribution in [0, 0.1) is 0 Å². The van der Waals surface area contributed by atoms with Crippen molar-refractivity contribution in [3.8, 4) is 17.4 Å². The summed E-state index contributed by atoms with van der Waals surface area (Å²) in [4.78, 5) is 34.3. The van der Waals surface area contributed by atoms with Gasteiger partial charge in [-0.3, -0.25) is 0 Å². The van der Waals surface area contributed by atoms with E-state index >= 15 is 0 Å². The molecule has 2 saturated heterocycles. The topological polar surface area (TPSA) is 234 Å². The molecule has 2 aromatic carbocycles. The normalized spacial score (nSPS) is 18.1. The lowest BCUT2D eigenvalue weighted by atomic mass is 10.1. The van der Waals surface area contributed by atoms with Gasteiger partial charge in [-0.1, -0.05) is 31.7 Å². The molecule has 3 N–H and O–H groups in total. The van der Waals surface area contributed by atoms with E-state index in [0.717, 1.165) is 28.0 Å². The van der Waals surface area contributed by atoms with E-state index in [1.165, 1.54) is 12.5 Å². The lowest BCUT2D eigenvalue weighted by Gasteiger charge is -2.41. The van der Waals surface area contributed by atoms with Crippen molar-refractivity contribution in [3.05, 3.63) is 65.2 Å². The second kappa shape index (κ2) is 18.6. The fourth-order valence-electron chi connectivity index (χ4n) is 7.73. The number of ether oxygens (including phenoxy) is 4. The molecule has 4 aromatic heterocycles. The largest absolute Gasteiger partial charge is 0.486 e. The van der Waals surface area contributed by atoms with Crippen molar-refractivity contribution in [2.45, 2.75) is 56.7 Å². The first kappa shape index (κ1) is 48.4. The standard InChI is InChI=1S/C21H26N6O4S.C13H18ClN3O4S.C8H9N3.CH4/c1-21(2,32(4,28)29)17-16-18(26-9-10-30-11-13(26)12-31-16)25-20(24-17)27-15-8-6-5-7-14(15)23-19(27)22-3;1-13(2,22(3,18)19)10-9-11(16-12(14)15-10)17-4-5-20-6-8(17)7-21-9;1-9-8-10-6-4-2-3-5-7(6)11-8;/h5-8,13H,9-12H2,1-4H3,(H,22,23);8H,4-7H2,1-3H3;2-5H,1H3,(H2,9,10,11);1H4. The highest BCUT2D eigenvalue weighted by Crippen LogP contribution is 2.45. The average molecular weight is 970 g/mol. The molecule has 356 valence electrons. The smallest absolute Gasteiger partial charge is 0.239 e. The molecule has 2 atom stereocenters. The molecule has 8 heterocycles. The van der Waals surface area contributed by atoms with Gasteiger partial charge < -0.3 is 44.4 Å². The highest BCUT2D eigenvalue weighted by atomic mass is 35.5. The van der Waals surface area contributed by atoms with Crippen molar-refractivity contribution in [2.75, 3.05) is 99.8 Å². The Morgan fingerprint density at radius 3 is 1.76 bits per heavy atom. The third-order valence-electron chi connectivity index (χ3n) is 12.1. The fourth-order valence-corrected chi connectivity index (χ4v) is 8.88. The zero-order chi connectivity index (χ0) is 46.5. The van der Waals surface area contributed by atoms with Gasteiger partial charge >= 0.3 is 0 Å². The Labute approximate surface area is 389 Å². The molecule has 23 heteroatoms. The van der Waals surface area contributed by atoms with Gasteiger partial charge in [0.2, 0.25) is 23.1 Å². The Balaban J connectivity index is 0.000000164. The second-order valence-electron chi connectivity index (χ2n) is 16.9. The van der Waals surface area contributed by atoms with Crippen LogP contribution in [-0.2, 0) is 38.6 Å². The lowest BCUT2D eigenvalue weighted by Crippen LogP contribution is -2.52. The minimum atomic E-state index is -3.52. The molecule has 0 aliphatic carbocycles. The molecule has 4 aliphatic rings. The van der Waals surface area contributed by atoms with Crippen LogP contribution in [0.4, 0.5) is 23.5 Å². The Bertz CT molecular complexity index is 2930. The van der Waals surface area contributed by atoms with Crippen molar-refractivity contribution in [1.82, 2.24) is 39.5 Å². The summed E-state index contributed by atoms with van der Waals surface area (Å²) in [5.74, 6) is 3.66. The SMILES string of the molecule is C.CC(C)(c1nc(Cl)nc2c1OCC1COCCN21)S(C)(=O)=O.CNc1nc2ccccc2[nH]1.CNc1nc2ccccc2n1-c1nc2c(c(C(C)(C)S(C)(=O)=O)n1)OCC1COCCN21. The first-order valence-electron chi connectivity index (χ1n) is 21.0. The summed E-state index contributed by atoms with van der Waals surface area (Å²) in [5.41, 5.74) is 4.30. The van der Waals surface area contributed by atoms with Crippen molar-refractivity contribution >= 4 is 76.9 Å². The number of anilines is 4. The van der Waals surface area contributed by atoms with Gasteiger partial charge in [-0.05, 0) is 63.6 Å². The van der Waals surface area contributed by atoms with Crippen LogP contribution in [-0.4, -0.2) is 148 Å². The summed E-state index contributed by atoms with van der Waals surface area (Å²) in [6.07, 6.45) is 2.39. The third-order valence-corrected chi connectivity index (χ3v) is 16.4. The minimum Gasteiger partial charge on any atom is -0.486 e. The summed E-state index contributed by atoms with van der Waals surface area (Å²) in [7, 11) is -3.30. The number of fused-ring (bicyclic) bond motifs is 8. The molecule has 2 fully saturated rings. The number of aromatic amines is 1. The Hall–Kier alpha value is -5.55. The number of imidazole rings is 2.